The molecular formula is C14H8Br2N2O3. The van der Waals surface area contributed by atoms with Crippen LogP contribution in [0.1, 0.15) is 21.6 Å². The van der Waals surface area contributed by atoms with Gasteiger partial charge in [0.25, 0.3) is 0 Å². The molecule has 0 spiro atoms. The van der Waals surface area contributed by atoms with E-state index in [1.807, 2.05) is 6.07 Å². The number of aromatic carboxylic acids is 1. The predicted octanol–water partition coefficient (Wildman–Crippen LogP) is 3.76. The van der Waals surface area contributed by atoms with E-state index in [1.54, 1.807) is 12.1 Å². The third-order valence-corrected chi connectivity index (χ3v) is 3.75. The Bertz CT molecular complexity index is 718. The molecule has 1 aromatic heterocycles. The van der Waals surface area contributed by atoms with Gasteiger partial charge in [-0.05, 0) is 61.7 Å². The molecule has 0 saturated carbocycles. The molecule has 5 nitrogen and oxygen atoms in total. The average molecular weight is 412 g/mol. The maximum absolute atomic E-state index is 10.9. The van der Waals surface area contributed by atoms with Crippen LogP contribution in [0, 0.1) is 11.3 Å². The zero-order valence-electron chi connectivity index (χ0n) is 10.5. The van der Waals surface area contributed by atoms with Crippen molar-refractivity contribution in [3.8, 4) is 11.8 Å². The largest absolute Gasteiger partial charge is 0.487 e. The van der Waals surface area contributed by atoms with E-state index in [-0.39, 0.29) is 12.2 Å². The summed E-state index contributed by atoms with van der Waals surface area (Å²) in [6, 6.07) is 8.27. The predicted molar refractivity (Wildman–Crippen MR) is 82.1 cm³/mol. The van der Waals surface area contributed by atoms with Gasteiger partial charge in [-0.1, -0.05) is 0 Å². The lowest BCUT2D eigenvalue weighted by Crippen LogP contribution is -2.01. The van der Waals surface area contributed by atoms with Crippen LogP contribution in [0.3, 0.4) is 0 Å². The van der Waals surface area contributed by atoms with E-state index in [2.05, 4.69) is 36.8 Å². The molecule has 0 saturated heterocycles. The zero-order chi connectivity index (χ0) is 15.4. The first-order valence-electron chi connectivity index (χ1n) is 5.71. The summed E-state index contributed by atoms with van der Waals surface area (Å²) in [5.74, 6) is -0.522. The number of carboxylic acids is 1. The number of halogens is 2. The average Bonchev–Trinajstić information content (AvgIpc) is 2.46. The smallest absolute Gasteiger partial charge is 0.335 e. The molecular weight excluding hydrogens is 404 g/mol. The van der Waals surface area contributed by atoms with Crippen molar-refractivity contribution < 1.29 is 14.6 Å². The van der Waals surface area contributed by atoms with Gasteiger partial charge in [0.1, 0.15) is 24.1 Å². The topological polar surface area (TPSA) is 83.2 Å². The standard InChI is InChI=1S/C14H8Br2N2O3/c15-11-4-9(14(19)20)5-12(16)13(11)21-7-8-1-2-18-10(3-8)6-17/h1-5H,7H2,(H,19,20). The van der Waals surface area contributed by atoms with Crippen LogP contribution in [0.15, 0.2) is 39.4 Å². The molecule has 2 rings (SSSR count). The summed E-state index contributed by atoms with van der Waals surface area (Å²) in [4.78, 5) is 14.8. The monoisotopic (exact) mass is 410 g/mol. The van der Waals surface area contributed by atoms with E-state index < -0.39 is 5.97 Å². The lowest BCUT2D eigenvalue weighted by Gasteiger charge is -2.11. The lowest BCUT2D eigenvalue weighted by atomic mass is 10.2. The first-order chi connectivity index (χ1) is 10.0. The molecule has 0 fully saturated rings. The lowest BCUT2D eigenvalue weighted by molar-refractivity contribution is 0.0696. The summed E-state index contributed by atoms with van der Waals surface area (Å²) in [5, 5.41) is 17.8. The van der Waals surface area contributed by atoms with Crippen LogP contribution in [0.5, 0.6) is 5.75 Å². The zero-order valence-corrected chi connectivity index (χ0v) is 13.7. The summed E-state index contributed by atoms with van der Waals surface area (Å²) >= 11 is 6.57. The van der Waals surface area contributed by atoms with Gasteiger partial charge in [0.2, 0.25) is 0 Å². The van der Waals surface area contributed by atoms with E-state index in [0.717, 1.165) is 5.56 Å². The Labute approximate surface area is 137 Å². The van der Waals surface area contributed by atoms with E-state index in [1.165, 1.54) is 18.3 Å². The van der Waals surface area contributed by atoms with Gasteiger partial charge in [0.15, 0.2) is 0 Å². The molecule has 0 atom stereocenters. The highest BCUT2D eigenvalue weighted by Crippen LogP contribution is 2.35. The SMILES string of the molecule is N#Cc1cc(COc2c(Br)cc(C(=O)O)cc2Br)ccn1. The number of benzene rings is 1. The summed E-state index contributed by atoms with van der Waals surface area (Å²) in [6.07, 6.45) is 1.54. The first-order valence-corrected chi connectivity index (χ1v) is 7.30. The van der Waals surface area contributed by atoms with Gasteiger partial charge >= 0.3 is 5.97 Å². The van der Waals surface area contributed by atoms with Gasteiger partial charge in [-0.15, -0.1) is 0 Å². The molecule has 106 valence electrons. The van der Waals surface area contributed by atoms with E-state index in [0.29, 0.717) is 20.4 Å². The molecule has 0 bridgehead atoms. The quantitative estimate of drug-likeness (QED) is 0.828. The highest BCUT2D eigenvalue weighted by molar-refractivity contribution is 9.11. The summed E-state index contributed by atoms with van der Waals surface area (Å²) in [7, 11) is 0. The summed E-state index contributed by atoms with van der Waals surface area (Å²) in [5.41, 5.74) is 1.26. The fourth-order valence-electron chi connectivity index (χ4n) is 1.60. The second-order valence-corrected chi connectivity index (χ2v) is 5.73. The molecule has 2 aromatic rings. The van der Waals surface area contributed by atoms with Gasteiger partial charge < -0.3 is 9.84 Å². The van der Waals surface area contributed by atoms with Crippen molar-refractivity contribution in [1.29, 1.82) is 5.26 Å². The van der Waals surface area contributed by atoms with E-state index in [9.17, 15) is 4.79 Å². The first kappa shape index (κ1) is 15.5. The van der Waals surface area contributed by atoms with Crippen molar-refractivity contribution in [2.75, 3.05) is 0 Å². The van der Waals surface area contributed by atoms with E-state index in [4.69, 9.17) is 15.1 Å². The number of nitrogens with zero attached hydrogens (tertiary/aromatic N) is 2. The number of carbonyl (C=O) groups is 1. The Morgan fingerprint density at radius 3 is 2.57 bits per heavy atom. The van der Waals surface area contributed by atoms with Gasteiger partial charge in [-0.2, -0.15) is 5.26 Å². The highest BCUT2D eigenvalue weighted by atomic mass is 79.9. The molecule has 21 heavy (non-hydrogen) atoms. The number of aromatic nitrogens is 1. The van der Waals surface area contributed by atoms with Crippen molar-refractivity contribution in [2.45, 2.75) is 6.61 Å². The molecule has 7 heteroatoms. The van der Waals surface area contributed by atoms with Crippen molar-refractivity contribution in [3.63, 3.8) is 0 Å². The Balaban J connectivity index is 2.20. The molecule has 0 amide bonds. The molecule has 0 aliphatic heterocycles. The molecule has 1 N–H and O–H groups in total. The number of rotatable bonds is 4. The third-order valence-electron chi connectivity index (χ3n) is 2.57. The minimum absolute atomic E-state index is 0.150. The van der Waals surface area contributed by atoms with Crippen LogP contribution in [0.4, 0.5) is 0 Å². The van der Waals surface area contributed by atoms with Gasteiger partial charge in [0.05, 0.1) is 14.5 Å². The molecule has 0 aliphatic rings. The van der Waals surface area contributed by atoms with Crippen LogP contribution < -0.4 is 4.74 Å². The normalized spacial score (nSPS) is 9.95. The number of hydrogen-bond acceptors (Lipinski definition) is 4. The molecule has 1 heterocycles. The highest BCUT2D eigenvalue weighted by Gasteiger charge is 2.13. The summed E-state index contributed by atoms with van der Waals surface area (Å²) in [6.45, 7) is 0.237. The number of carboxylic acid groups (broad SMARTS) is 1. The minimum Gasteiger partial charge on any atom is -0.487 e. The molecule has 0 aliphatic carbocycles. The Morgan fingerprint density at radius 1 is 1.33 bits per heavy atom. The van der Waals surface area contributed by atoms with Crippen LogP contribution in [-0.4, -0.2) is 16.1 Å². The van der Waals surface area contributed by atoms with Crippen molar-refractivity contribution >= 4 is 37.8 Å². The molecule has 1 aromatic carbocycles. The van der Waals surface area contributed by atoms with Crippen LogP contribution in [0.2, 0.25) is 0 Å². The Hall–Kier alpha value is -1.91. The van der Waals surface area contributed by atoms with Crippen LogP contribution in [0.25, 0.3) is 0 Å². The van der Waals surface area contributed by atoms with Gasteiger partial charge in [0, 0.05) is 6.20 Å². The maximum Gasteiger partial charge on any atom is 0.335 e. The fraction of sp³-hybridized carbons (Fsp3) is 0.0714. The summed E-state index contributed by atoms with van der Waals surface area (Å²) < 4.78 is 6.73. The Kier molecular flexibility index (Phi) is 4.94. The third kappa shape index (κ3) is 3.80. The Morgan fingerprint density at radius 2 is 2.00 bits per heavy atom. The second-order valence-electron chi connectivity index (χ2n) is 4.02. The number of hydrogen-bond donors (Lipinski definition) is 1. The van der Waals surface area contributed by atoms with E-state index >= 15 is 0 Å². The number of ether oxygens (including phenoxy) is 1. The number of pyridine rings is 1. The van der Waals surface area contributed by atoms with Gasteiger partial charge in [-0.3, -0.25) is 0 Å². The van der Waals surface area contributed by atoms with Crippen LogP contribution >= 0.6 is 31.9 Å². The number of nitriles is 1. The van der Waals surface area contributed by atoms with Crippen molar-refractivity contribution in [2.24, 2.45) is 0 Å². The fourth-order valence-corrected chi connectivity index (χ4v) is 3.02. The minimum atomic E-state index is -1.02. The second kappa shape index (κ2) is 6.70. The van der Waals surface area contributed by atoms with Crippen molar-refractivity contribution in [1.82, 2.24) is 4.98 Å². The molecule has 0 radical (unpaired) electrons. The van der Waals surface area contributed by atoms with Gasteiger partial charge in [-0.25, -0.2) is 9.78 Å². The molecule has 0 unspecified atom stereocenters. The maximum atomic E-state index is 10.9. The van der Waals surface area contributed by atoms with Crippen molar-refractivity contribution in [3.05, 3.63) is 56.2 Å². The van der Waals surface area contributed by atoms with Crippen LogP contribution in [-0.2, 0) is 6.61 Å².